The molecule has 0 aliphatic carbocycles. The number of hydrogen-bond donors (Lipinski definition) is 2. The Morgan fingerprint density at radius 2 is 1.71 bits per heavy atom. The van der Waals surface area contributed by atoms with E-state index in [0.29, 0.717) is 0 Å². The van der Waals surface area contributed by atoms with Gasteiger partial charge in [0.15, 0.2) is 5.82 Å². The Morgan fingerprint density at radius 1 is 1.12 bits per heavy atom. The molecule has 0 saturated carbocycles. The van der Waals surface area contributed by atoms with Crippen LogP contribution in [0.15, 0.2) is 39.0 Å². The second-order valence-corrected chi connectivity index (χ2v) is 4.67. The van der Waals surface area contributed by atoms with Crippen LogP contribution in [-0.2, 0) is 20.5 Å². The van der Waals surface area contributed by atoms with Gasteiger partial charge in [-0.05, 0) is 23.2 Å². The van der Waals surface area contributed by atoms with E-state index in [1.54, 1.807) is 0 Å². The van der Waals surface area contributed by atoms with Gasteiger partial charge in [-0.25, -0.2) is 4.79 Å². The van der Waals surface area contributed by atoms with Crippen LogP contribution in [-0.4, -0.2) is 20.1 Å². The lowest BCUT2D eigenvalue weighted by molar-refractivity contribution is -0.434. The summed E-state index contributed by atoms with van der Waals surface area (Å²) in [5.41, 5.74) is 6.70. The van der Waals surface area contributed by atoms with Crippen molar-refractivity contribution in [2.45, 2.75) is 13.3 Å². The summed E-state index contributed by atoms with van der Waals surface area (Å²) in [5, 5.41) is 6.91. The molecule has 9 nitrogen and oxygen atoms in total. The van der Waals surface area contributed by atoms with Gasteiger partial charge in [0.05, 0.1) is 0 Å². The number of benzene rings is 1. The number of azo groups is 1. The number of aryl methyl sites for hydroxylation is 1. The highest BCUT2D eigenvalue weighted by Crippen LogP contribution is 2.17. The summed E-state index contributed by atoms with van der Waals surface area (Å²) < 4.78 is 2.19. The van der Waals surface area contributed by atoms with Crippen molar-refractivity contribution in [3.63, 3.8) is 0 Å². The van der Waals surface area contributed by atoms with Crippen molar-refractivity contribution in [3.05, 3.63) is 50.7 Å². The second-order valence-electron chi connectivity index (χ2n) is 4.67. The van der Waals surface area contributed by atoms with Crippen LogP contribution in [0.3, 0.4) is 0 Å². The predicted octanol–water partition coefficient (Wildman–Crippen LogP) is -4.92. The molecule has 0 spiro atoms. The van der Waals surface area contributed by atoms with Crippen molar-refractivity contribution >= 4 is 17.2 Å². The molecule has 10 heteroatoms. The zero-order valence-corrected chi connectivity index (χ0v) is 15.2. The largest absolute Gasteiger partial charge is 1.00 e. The molecule has 7 N–H and O–H groups in total. The van der Waals surface area contributed by atoms with Gasteiger partial charge in [0.1, 0.15) is 5.69 Å². The van der Waals surface area contributed by atoms with E-state index in [0.717, 1.165) is 22.2 Å². The molecule has 0 bridgehead atoms. The van der Waals surface area contributed by atoms with Crippen molar-refractivity contribution in [3.8, 4) is 0 Å². The summed E-state index contributed by atoms with van der Waals surface area (Å²) in [7, 11) is 2.90. The van der Waals surface area contributed by atoms with Crippen molar-refractivity contribution < 1.29 is 33.0 Å². The molecular weight excluding hydrogens is 382 g/mol. The number of hydrogen-bond acceptors (Lipinski definition) is 4. The zero-order valence-electron chi connectivity index (χ0n) is 13.6. The lowest BCUT2D eigenvalue weighted by Gasteiger charge is -2.04. The molecule has 2 rings (SSSR count). The summed E-state index contributed by atoms with van der Waals surface area (Å²) in [4.78, 5) is 23.8. The molecule has 1 heterocycles. The number of nitrogens with zero attached hydrogens (tertiary/aromatic N) is 3. The zero-order chi connectivity index (χ0) is 15.6. The Bertz CT molecular complexity index is 829. The number of aromatic nitrogens is 2. The summed E-state index contributed by atoms with van der Waals surface area (Å²) in [6.07, 6.45) is 0.822. The average molecular weight is 404 g/mol. The number of nitrogens with two attached hydrogens (primary N) is 1. The van der Waals surface area contributed by atoms with Crippen LogP contribution in [0.25, 0.3) is 0 Å². The van der Waals surface area contributed by atoms with Gasteiger partial charge < -0.3 is 33.7 Å². The number of halogens is 1. The smallest absolute Gasteiger partial charge is 0.334 e. The number of para-hydroxylation sites is 1. The van der Waals surface area contributed by atoms with E-state index in [9.17, 15) is 9.59 Å². The molecule has 0 atom stereocenters. The van der Waals surface area contributed by atoms with E-state index >= 15 is 0 Å². The molecule has 0 saturated heterocycles. The van der Waals surface area contributed by atoms with Crippen LogP contribution >= 0.6 is 0 Å². The first-order chi connectivity index (χ1) is 9.97. The van der Waals surface area contributed by atoms with Gasteiger partial charge in [-0.2, -0.15) is 0 Å². The first-order valence-corrected chi connectivity index (χ1v) is 6.57. The van der Waals surface area contributed by atoms with Gasteiger partial charge in [-0.1, -0.05) is 30.2 Å². The van der Waals surface area contributed by atoms with Crippen LogP contribution < -0.4 is 39.1 Å². The minimum Gasteiger partial charge on any atom is -1.00 e. The Kier molecular flexibility index (Phi) is 9.74. The number of nitrogens with one attached hydrogen (secondary N) is 1. The highest BCUT2D eigenvalue weighted by molar-refractivity contribution is 5.50. The van der Waals surface area contributed by atoms with Crippen LogP contribution in [0.2, 0.25) is 0 Å². The monoisotopic (exact) mass is 403 g/mol. The van der Waals surface area contributed by atoms with E-state index in [2.05, 4.69) is 10.2 Å². The lowest BCUT2D eigenvalue weighted by atomic mass is 10.1. The minimum atomic E-state index is -0.506. The lowest BCUT2D eigenvalue weighted by Crippen LogP contribution is -3.00. The van der Waals surface area contributed by atoms with Gasteiger partial charge in [-0.15, -0.1) is 0 Å². The number of anilines is 1. The Morgan fingerprint density at radius 3 is 2.29 bits per heavy atom. The fourth-order valence-electron chi connectivity index (χ4n) is 2.00. The van der Waals surface area contributed by atoms with Crippen LogP contribution in [0.1, 0.15) is 12.5 Å². The first kappa shape index (κ1) is 24.0. The summed E-state index contributed by atoms with van der Waals surface area (Å²) in [6, 6.07) is 7.59. The van der Waals surface area contributed by atoms with E-state index in [-0.39, 0.29) is 39.4 Å². The topological polar surface area (TPSA) is 159 Å². The maximum atomic E-state index is 12.1. The fraction of sp³-hybridized carbons (Fsp3) is 0.286. The van der Waals surface area contributed by atoms with Crippen LogP contribution in [0.4, 0.5) is 17.2 Å². The molecule has 0 amide bonds. The molecule has 1 aromatic carbocycles. The molecule has 0 radical (unpaired) electrons. The number of rotatable bonds is 3. The molecule has 1 aromatic heterocycles. The van der Waals surface area contributed by atoms with E-state index in [1.165, 1.54) is 18.7 Å². The van der Waals surface area contributed by atoms with Crippen LogP contribution in [0, 0.1) is 0 Å². The quantitative estimate of drug-likeness (QED) is 0.492. The third kappa shape index (κ3) is 4.37. The molecule has 0 aliphatic heterocycles. The third-order valence-electron chi connectivity index (χ3n) is 3.37. The highest BCUT2D eigenvalue weighted by Gasteiger charge is 2.18. The van der Waals surface area contributed by atoms with Crippen molar-refractivity contribution in [2.75, 3.05) is 5.73 Å². The van der Waals surface area contributed by atoms with E-state index in [4.69, 9.17) is 5.73 Å². The molecule has 24 heavy (non-hydrogen) atoms. The minimum absolute atomic E-state index is 0. The maximum Gasteiger partial charge on any atom is 0.334 e. The molecule has 134 valence electrons. The molecular formula is C14H22BrN5O4. The molecule has 2 aromatic rings. The average Bonchev–Trinajstić information content (AvgIpc) is 2.51. The summed E-state index contributed by atoms with van der Waals surface area (Å²) in [6.45, 7) is 2.02. The summed E-state index contributed by atoms with van der Waals surface area (Å²) >= 11 is 0. The second kappa shape index (κ2) is 9.75. The van der Waals surface area contributed by atoms with Gasteiger partial charge in [0.2, 0.25) is 0 Å². The Hall–Kier alpha value is -2.30. The van der Waals surface area contributed by atoms with E-state index < -0.39 is 11.2 Å². The fourth-order valence-corrected chi connectivity index (χ4v) is 2.00. The van der Waals surface area contributed by atoms with Crippen molar-refractivity contribution in [2.24, 2.45) is 19.2 Å². The molecule has 0 aliphatic rings. The van der Waals surface area contributed by atoms with Crippen LogP contribution in [0.5, 0.6) is 0 Å². The number of nitrogen functional groups attached to an aromatic ring is 1. The first-order valence-electron chi connectivity index (χ1n) is 6.57. The van der Waals surface area contributed by atoms with Crippen molar-refractivity contribution in [1.82, 2.24) is 9.13 Å². The molecule has 0 fully saturated rings. The SMILES string of the molecule is CCc1ccccc1N=[NH+]c1c(N)n(C)c(=O)n(C)c1=O.O.O.[Br-]. The van der Waals surface area contributed by atoms with Gasteiger partial charge in [0.25, 0.3) is 0 Å². The Balaban J connectivity index is 0. The van der Waals surface area contributed by atoms with Gasteiger partial charge in [0, 0.05) is 14.1 Å². The normalized spacial score (nSPS) is 9.79. The maximum absolute atomic E-state index is 12.1. The van der Waals surface area contributed by atoms with Crippen molar-refractivity contribution in [1.29, 1.82) is 0 Å². The Labute approximate surface area is 148 Å². The standard InChI is InChI=1S/C14H17N5O2.BrH.2H2O/c1-4-9-7-5-6-8-10(9)16-17-11-12(15)18(2)14(21)19(3)13(11)20;;;/h5-8H,4,15H2,1-3H3;1H;2*1H2. The molecule has 0 unspecified atom stereocenters. The van der Waals surface area contributed by atoms with E-state index in [1.807, 2.05) is 31.2 Å². The highest BCUT2D eigenvalue weighted by atomic mass is 79.9. The summed E-state index contributed by atoms with van der Waals surface area (Å²) in [5.74, 6) is 0.0563. The third-order valence-corrected chi connectivity index (χ3v) is 3.37. The van der Waals surface area contributed by atoms with Gasteiger partial charge in [-0.3, -0.25) is 13.9 Å². The predicted molar refractivity (Wildman–Crippen MR) is 87.1 cm³/mol. The van der Waals surface area contributed by atoms with Gasteiger partial charge >= 0.3 is 16.9 Å².